The highest BCUT2D eigenvalue weighted by Crippen LogP contribution is 2.12. The molecule has 2 rings (SSSR count). The Balaban J connectivity index is 1.83. The van der Waals surface area contributed by atoms with Crippen LogP contribution in [0.25, 0.3) is 0 Å². The third-order valence-electron chi connectivity index (χ3n) is 3.03. The molecule has 17 heavy (non-hydrogen) atoms. The highest BCUT2D eigenvalue weighted by Gasteiger charge is 2.19. The van der Waals surface area contributed by atoms with Gasteiger partial charge in [-0.1, -0.05) is 30.3 Å². The Morgan fingerprint density at radius 2 is 2.24 bits per heavy atom. The van der Waals surface area contributed by atoms with Crippen molar-refractivity contribution in [2.75, 3.05) is 19.8 Å². The summed E-state index contributed by atoms with van der Waals surface area (Å²) in [6.45, 7) is 2.19. The molecule has 0 bridgehead atoms. The van der Waals surface area contributed by atoms with E-state index in [4.69, 9.17) is 10.5 Å². The molecule has 2 atom stereocenters. The zero-order chi connectivity index (χ0) is 12.1. The van der Waals surface area contributed by atoms with Gasteiger partial charge in [0.05, 0.1) is 6.61 Å². The fraction of sp³-hybridized carbons (Fsp3) is 0.462. The number of hydrogen-bond acceptors (Lipinski definition) is 3. The topological polar surface area (TPSA) is 64.4 Å². The maximum absolute atomic E-state index is 11.8. The zero-order valence-electron chi connectivity index (χ0n) is 9.76. The van der Waals surface area contributed by atoms with Crippen molar-refractivity contribution < 1.29 is 9.53 Å². The van der Waals surface area contributed by atoms with Gasteiger partial charge in [-0.3, -0.25) is 4.79 Å². The van der Waals surface area contributed by atoms with Crippen LogP contribution < -0.4 is 11.1 Å². The number of carbonyl (C=O) groups excluding carboxylic acids is 1. The molecule has 0 aliphatic carbocycles. The highest BCUT2D eigenvalue weighted by atomic mass is 16.5. The number of benzene rings is 1. The van der Waals surface area contributed by atoms with Crippen LogP contribution >= 0.6 is 0 Å². The highest BCUT2D eigenvalue weighted by molar-refractivity contribution is 5.82. The van der Waals surface area contributed by atoms with Gasteiger partial charge in [0, 0.05) is 19.1 Å². The molecule has 1 amide bonds. The van der Waals surface area contributed by atoms with Gasteiger partial charge in [0.1, 0.15) is 6.04 Å². The van der Waals surface area contributed by atoms with Crippen LogP contribution in [-0.2, 0) is 9.53 Å². The standard InChI is InChI=1S/C13H18N2O2/c14-12(11-4-2-1-3-5-11)13(16)15-8-10-6-7-17-9-10/h1-5,10,12H,6-9,14H2,(H,15,16)/t10?,12-/m0/s1. The third kappa shape index (κ3) is 3.28. The normalized spacial score (nSPS) is 21.1. The van der Waals surface area contributed by atoms with Crippen molar-refractivity contribution >= 4 is 5.91 Å². The van der Waals surface area contributed by atoms with Crippen molar-refractivity contribution in [1.82, 2.24) is 5.32 Å². The van der Waals surface area contributed by atoms with E-state index in [0.29, 0.717) is 12.5 Å². The summed E-state index contributed by atoms with van der Waals surface area (Å²) in [4.78, 5) is 11.8. The van der Waals surface area contributed by atoms with Gasteiger partial charge in [0.15, 0.2) is 0 Å². The summed E-state index contributed by atoms with van der Waals surface area (Å²) < 4.78 is 5.25. The van der Waals surface area contributed by atoms with E-state index < -0.39 is 6.04 Å². The van der Waals surface area contributed by atoms with E-state index in [1.165, 1.54) is 0 Å². The minimum Gasteiger partial charge on any atom is -0.381 e. The van der Waals surface area contributed by atoms with Crippen LogP contribution in [0.2, 0.25) is 0 Å². The number of rotatable bonds is 4. The quantitative estimate of drug-likeness (QED) is 0.811. The van der Waals surface area contributed by atoms with Crippen LogP contribution in [0.1, 0.15) is 18.0 Å². The van der Waals surface area contributed by atoms with Gasteiger partial charge in [0.25, 0.3) is 0 Å². The van der Waals surface area contributed by atoms with E-state index in [-0.39, 0.29) is 5.91 Å². The van der Waals surface area contributed by atoms with Crippen LogP contribution in [0.4, 0.5) is 0 Å². The summed E-state index contributed by atoms with van der Waals surface area (Å²) in [7, 11) is 0. The molecule has 4 nitrogen and oxygen atoms in total. The van der Waals surface area contributed by atoms with Crippen molar-refractivity contribution in [1.29, 1.82) is 0 Å². The Labute approximate surface area is 101 Å². The minimum absolute atomic E-state index is 0.122. The number of carbonyl (C=O) groups is 1. The average Bonchev–Trinajstić information content (AvgIpc) is 2.89. The first-order valence-corrected chi connectivity index (χ1v) is 5.93. The molecule has 1 saturated heterocycles. The van der Waals surface area contributed by atoms with Crippen LogP contribution in [0.3, 0.4) is 0 Å². The first-order valence-electron chi connectivity index (χ1n) is 5.93. The Hall–Kier alpha value is -1.39. The van der Waals surface area contributed by atoms with Gasteiger partial charge in [-0.25, -0.2) is 0 Å². The fourth-order valence-corrected chi connectivity index (χ4v) is 1.91. The predicted molar refractivity (Wildman–Crippen MR) is 65.3 cm³/mol. The summed E-state index contributed by atoms with van der Waals surface area (Å²) in [5, 5.41) is 2.88. The van der Waals surface area contributed by atoms with E-state index in [9.17, 15) is 4.79 Å². The lowest BCUT2D eigenvalue weighted by molar-refractivity contribution is -0.122. The molecule has 1 unspecified atom stereocenters. The minimum atomic E-state index is -0.585. The zero-order valence-corrected chi connectivity index (χ0v) is 9.76. The molecule has 0 radical (unpaired) electrons. The summed E-state index contributed by atoms with van der Waals surface area (Å²) >= 11 is 0. The monoisotopic (exact) mass is 234 g/mol. The molecular weight excluding hydrogens is 216 g/mol. The molecule has 0 aromatic heterocycles. The summed E-state index contributed by atoms with van der Waals surface area (Å²) in [6.07, 6.45) is 1.01. The maximum atomic E-state index is 11.8. The van der Waals surface area contributed by atoms with Crippen molar-refractivity contribution in [3.63, 3.8) is 0 Å². The molecule has 1 aliphatic heterocycles. The van der Waals surface area contributed by atoms with Gasteiger partial charge >= 0.3 is 0 Å². The number of nitrogens with two attached hydrogens (primary N) is 1. The van der Waals surface area contributed by atoms with E-state index >= 15 is 0 Å². The van der Waals surface area contributed by atoms with E-state index in [1.807, 2.05) is 30.3 Å². The number of amides is 1. The Bertz CT molecular complexity index is 361. The van der Waals surface area contributed by atoms with E-state index in [1.54, 1.807) is 0 Å². The largest absolute Gasteiger partial charge is 0.381 e. The van der Waals surface area contributed by atoms with Crippen molar-refractivity contribution in [3.05, 3.63) is 35.9 Å². The summed E-state index contributed by atoms with van der Waals surface area (Å²) in [5.74, 6) is 0.310. The van der Waals surface area contributed by atoms with E-state index in [0.717, 1.165) is 25.2 Å². The predicted octanol–water partition coefficient (Wildman–Crippen LogP) is 0.839. The van der Waals surface area contributed by atoms with Crippen molar-refractivity contribution in [3.8, 4) is 0 Å². The molecule has 4 heteroatoms. The van der Waals surface area contributed by atoms with Gasteiger partial charge in [-0.05, 0) is 12.0 Å². The first-order chi connectivity index (χ1) is 8.27. The Morgan fingerprint density at radius 3 is 2.88 bits per heavy atom. The van der Waals surface area contributed by atoms with Gasteiger partial charge in [0.2, 0.25) is 5.91 Å². The lowest BCUT2D eigenvalue weighted by Crippen LogP contribution is -2.37. The molecule has 92 valence electrons. The second-order valence-corrected chi connectivity index (χ2v) is 4.36. The third-order valence-corrected chi connectivity index (χ3v) is 3.03. The second-order valence-electron chi connectivity index (χ2n) is 4.36. The molecule has 0 spiro atoms. The Morgan fingerprint density at radius 1 is 1.47 bits per heavy atom. The summed E-state index contributed by atoms with van der Waals surface area (Å²) in [6, 6.07) is 8.81. The molecule has 3 N–H and O–H groups in total. The van der Waals surface area contributed by atoms with Crippen molar-refractivity contribution in [2.45, 2.75) is 12.5 Å². The van der Waals surface area contributed by atoms with Crippen LogP contribution in [0.5, 0.6) is 0 Å². The van der Waals surface area contributed by atoms with Crippen molar-refractivity contribution in [2.24, 2.45) is 11.7 Å². The fourth-order valence-electron chi connectivity index (χ4n) is 1.91. The van der Waals surface area contributed by atoms with Crippen LogP contribution in [0.15, 0.2) is 30.3 Å². The molecular formula is C13H18N2O2. The molecule has 1 heterocycles. The average molecular weight is 234 g/mol. The lowest BCUT2D eigenvalue weighted by atomic mass is 10.1. The van der Waals surface area contributed by atoms with Gasteiger partial charge in [-0.2, -0.15) is 0 Å². The smallest absolute Gasteiger partial charge is 0.241 e. The number of hydrogen-bond donors (Lipinski definition) is 2. The molecule has 1 aromatic rings. The Kier molecular flexibility index (Phi) is 4.12. The van der Waals surface area contributed by atoms with Gasteiger partial charge in [-0.15, -0.1) is 0 Å². The first kappa shape index (κ1) is 12.1. The van der Waals surface area contributed by atoms with E-state index in [2.05, 4.69) is 5.32 Å². The SMILES string of the molecule is N[C@H](C(=O)NCC1CCOC1)c1ccccc1. The summed E-state index contributed by atoms with van der Waals surface area (Å²) in [5.41, 5.74) is 6.72. The van der Waals surface area contributed by atoms with Crippen LogP contribution in [-0.4, -0.2) is 25.7 Å². The second kappa shape index (κ2) is 5.80. The molecule has 1 fully saturated rings. The number of ether oxygens (including phenoxy) is 1. The molecule has 0 saturated carbocycles. The van der Waals surface area contributed by atoms with Gasteiger partial charge < -0.3 is 15.8 Å². The number of nitrogens with one attached hydrogen (secondary N) is 1. The van der Waals surface area contributed by atoms with Crippen LogP contribution in [0, 0.1) is 5.92 Å². The maximum Gasteiger partial charge on any atom is 0.241 e. The molecule has 1 aliphatic rings. The lowest BCUT2D eigenvalue weighted by Gasteiger charge is -2.14. The molecule has 1 aromatic carbocycles.